The zero-order valence-electron chi connectivity index (χ0n) is 20.5. The number of carbonyl (C=O) groups excluding carboxylic acids is 2. The van der Waals surface area contributed by atoms with Gasteiger partial charge in [-0.1, -0.05) is 60.7 Å². The molecule has 7 heteroatoms. The van der Waals surface area contributed by atoms with Crippen molar-refractivity contribution < 1.29 is 24.3 Å². The van der Waals surface area contributed by atoms with E-state index in [1.54, 1.807) is 5.48 Å². The number of amides is 1. The van der Waals surface area contributed by atoms with Gasteiger partial charge in [0.05, 0.1) is 29.7 Å². The standard InChI is InChI=1S/C30H28N2O5/c1-36-29(34)30(16-15-25(30)28(33)32-35)18-20-11-13-23(14-12-20)37-19-22-17-27(21-7-3-2-4-8-21)31-26-10-6-5-9-24(22)26/h2-14,17,25,35H,15-16,18-19H2,1H3,(H,32,33). The molecule has 188 valence electrons. The van der Waals surface area contributed by atoms with Crippen LogP contribution in [-0.4, -0.2) is 29.2 Å². The van der Waals surface area contributed by atoms with Crippen LogP contribution in [-0.2, 0) is 27.4 Å². The molecule has 3 aromatic carbocycles. The number of carbonyl (C=O) groups is 2. The molecular formula is C30H28N2O5. The van der Waals surface area contributed by atoms with Gasteiger partial charge in [-0.2, -0.15) is 0 Å². The third-order valence-corrected chi connectivity index (χ3v) is 7.27. The molecule has 1 amide bonds. The molecule has 5 rings (SSSR count). The first kappa shape index (κ1) is 24.5. The highest BCUT2D eigenvalue weighted by Crippen LogP contribution is 2.50. The van der Waals surface area contributed by atoms with E-state index in [1.807, 2.05) is 78.9 Å². The van der Waals surface area contributed by atoms with Crippen molar-refractivity contribution in [3.63, 3.8) is 0 Å². The van der Waals surface area contributed by atoms with Gasteiger partial charge in [-0.3, -0.25) is 14.8 Å². The van der Waals surface area contributed by atoms with Gasteiger partial charge < -0.3 is 9.47 Å². The van der Waals surface area contributed by atoms with Crippen LogP contribution in [0.1, 0.15) is 24.0 Å². The molecule has 1 fully saturated rings. The minimum absolute atomic E-state index is 0.341. The van der Waals surface area contributed by atoms with Gasteiger partial charge in [0.25, 0.3) is 0 Å². The molecule has 0 aliphatic heterocycles. The number of fused-ring (bicyclic) bond motifs is 1. The highest BCUT2D eigenvalue weighted by Gasteiger charge is 2.56. The van der Waals surface area contributed by atoms with Gasteiger partial charge in [0.15, 0.2) is 0 Å². The molecule has 0 saturated heterocycles. The molecule has 1 heterocycles. The highest BCUT2D eigenvalue weighted by atomic mass is 16.5. The van der Waals surface area contributed by atoms with Crippen LogP contribution in [0, 0.1) is 11.3 Å². The molecule has 37 heavy (non-hydrogen) atoms. The Kier molecular flexibility index (Phi) is 6.88. The lowest BCUT2D eigenvalue weighted by Crippen LogP contribution is -2.54. The number of nitrogens with one attached hydrogen (secondary N) is 1. The Balaban J connectivity index is 1.34. The summed E-state index contributed by atoms with van der Waals surface area (Å²) in [6, 6.07) is 27.7. The Morgan fingerprint density at radius 1 is 1.03 bits per heavy atom. The second-order valence-electron chi connectivity index (χ2n) is 9.37. The van der Waals surface area contributed by atoms with Crippen molar-refractivity contribution in [1.82, 2.24) is 10.5 Å². The van der Waals surface area contributed by atoms with Gasteiger partial charge >= 0.3 is 5.97 Å². The Labute approximate surface area is 215 Å². The van der Waals surface area contributed by atoms with E-state index < -0.39 is 23.2 Å². The molecule has 2 unspecified atom stereocenters. The van der Waals surface area contributed by atoms with Gasteiger partial charge in [-0.25, -0.2) is 10.5 Å². The number of hydrogen-bond donors (Lipinski definition) is 2. The molecule has 4 aromatic rings. The molecule has 2 atom stereocenters. The predicted molar refractivity (Wildman–Crippen MR) is 139 cm³/mol. The number of esters is 1. The number of hydroxylamine groups is 1. The topological polar surface area (TPSA) is 97.8 Å². The van der Waals surface area contributed by atoms with E-state index in [2.05, 4.69) is 6.07 Å². The summed E-state index contributed by atoms with van der Waals surface area (Å²) in [4.78, 5) is 29.5. The molecule has 1 aliphatic carbocycles. The lowest BCUT2D eigenvalue weighted by molar-refractivity contribution is -0.172. The first-order valence-electron chi connectivity index (χ1n) is 12.2. The van der Waals surface area contributed by atoms with Crippen LogP contribution in [0.2, 0.25) is 0 Å². The van der Waals surface area contributed by atoms with Gasteiger partial charge in [0.2, 0.25) is 5.91 Å². The fraction of sp³-hybridized carbons (Fsp3) is 0.233. The molecule has 1 saturated carbocycles. The number of nitrogens with zero attached hydrogens (tertiary/aromatic N) is 1. The summed E-state index contributed by atoms with van der Waals surface area (Å²) in [5.41, 5.74) is 5.47. The average Bonchev–Trinajstić information content (AvgIpc) is 2.94. The second kappa shape index (κ2) is 10.4. The largest absolute Gasteiger partial charge is 0.489 e. The quantitative estimate of drug-likeness (QED) is 0.200. The highest BCUT2D eigenvalue weighted by molar-refractivity contribution is 5.89. The van der Waals surface area contributed by atoms with Crippen LogP contribution in [0.4, 0.5) is 0 Å². The summed E-state index contributed by atoms with van der Waals surface area (Å²) < 4.78 is 11.2. The van der Waals surface area contributed by atoms with E-state index in [0.29, 0.717) is 31.6 Å². The van der Waals surface area contributed by atoms with Crippen molar-refractivity contribution in [1.29, 1.82) is 0 Å². The number of pyridine rings is 1. The van der Waals surface area contributed by atoms with E-state index in [1.165, 1.54) is 7.11 Å². The van der Waals surface area contributed by atoms with E-state index in [0.717, 1.165) is 33.3 Å². The van der Waals surface area contributed by atoms with Crippen LogP contribution in [0.15, 0.2) is 84.9 Å². The van der Waals surface area contributed by atoms with Crippen LogP contribution in [0.3, 0.4) is 0 Å². The van der Waals surface area contributed by atoms with Crippen molar-refractivity contribution in [3.05, 3.63) is 96.1 Å². The van der Waals surface area contributed by atoms with Gasteiger partial charge in [-0.05, 0) is 49.1 Å². The Morgan fingerprint density at radius 2 is 1.76 bits per heavy atom. The first-order chi connectivity index (χ1) is 18.0. The molecule has 0 radical (unpaired) electrons. The van der Waals surface area contributed by atoms with Gasteiger partial charge in [0, 0.05) is 16.5 Å². The fourth-order valence-corrected chi connectivity index (χ4v) is 5.18. The number of para-hydroxylation sites is 1. The monoisotopic (exact) mass is 496 g/mol. The molecule has 1 aromatic heterocycles. The minimum Gasteiger partial charge on any atom is -0.489 e. The lowest BCUT2D eigenvalue weighted by Gasteiger charge is -2.45. The van der Waals surface area contributed by atoms with Gasteiger partial charge in [-0.15, -0.1) is 0 Å². The number of ether oxygens (including phenoxy) is 2. The number of methoxy groups -OCH3 is 1. The van der Waals surface area contributed by atoms with Crippen LogP contribution in [0.5, 0.6) is 5.75 Å². The maximum atomic E-state index is 12.6. The number of hydrogen-bond acceptors (Lipinski definition) is 6. The Hall–Kier alpha value is -4.23. The maximum absolute atomic E-state index is 12.6. The maximum Gasteiger partial charge on any atom is 0.312 e. The third-order valence-electron chi connectivity index (χ3n) is 7.27. The van der Waals surface area contributed by atoms with E-state index in [-0.39, 0.29) is 0 Å². The van der Waals surface area contributed by atoms with Crippen molar-refractivity contribution in [2.24, 2.45) is 11.3 Å². The normalized spacial score (nSPS) is 18.6. The van der Waals surface area contributed by atoms with Crippen LogP contribution in [0.25, 0.3) is 22.2 Å². The second-order valence-corrected chi connectivity index (χ2v) is 9.37. The molecule has 0 bridgehead atoms. The number of aromatic nitrogens is 1. The van der Waals surface area contributed by atoms with E-state index in [4.69, 9.17) is 19.7 Å². The van der Waals surface area contributed by atoms with Crippen molar-refractivity contribution >= 4 is 22.8 Å². The smallest absolute Gasteiger partial charge is 0.312 e. The number of benzene rings is 3. The zero-order chi connectivity index (χ0) is 25.8. The summed E-state index contributed by atoms with van der Waals surface area (Å²) in [5, 5.41) is 10.1. The first-order valence-corrected chi connectivity index (χ1v) is 12.2. The summed E-state index contributed by atoms with van der Waals surface area (Å²) in [5.74, 6) is -0.932. The van der Waals surface area contributed by atoms with Crippen molar-refractivity contribution in [3.8, 4) is 17.0 Å². The van der Waals surface area contributed by atoms with E-state index in [9.17, 15) is 9.59 Å². The summed E-state index contributed by atoms with van der Waals surface area (Å²) in [6.45, 7) is 0.368. The van der Waals surface area contributed by atoms with E-state index >= 15 is 0 Å². The predicted octanol–water partition coefficient (Wildman–Crippen LogP) is 5.10. The fourth-order valence-electron chi connectivity index (χ4n) is 5.18. The van der Waals surface area contributed by atoms with Crippen molar-refractivity contribution in [2.45, 2.75) is 25.9 Å². The molecule has 2 N–H and O–H groups in total. The van der Waals surface area contributed by atoms with Crippen LogP contribution >= 0.6 is 0 Å². The minimum atomic E-state index is -0.978. The Bertz CT molecular complexity index is 1420. The summed E-state index contributed by atoms with van der Waals surface area (Å²) in [7, 11) is 1.32. The van der Waals surface area contributed by atoms with Crippen LogP contribution < -0.4 is 10.2 Å². The van der Waals surface area contributed by atoms with Gasteiger partial charge in [0.1, 0.15) is 12.4 Å². The third kappa shape index (κ3) is 4.78. The Morgan fingerprint density at radius 3 is 2.43 bits per heavy atom. The number of rotatable bonds is 8. The average molecular weight is 497 g/mol. The molecular weight excluding hydrogens is 468 g/mol. The molecule has 1 aliphatic rings. The summed E-state index contributed by atoms with van der Waals surface area (Å²) in [6.07, 6.45) is 1.38. The molecule has 0 spiro atoms. The summed E-state index contributed by atoms with van der Waals surface area (Å²) >= 11 is 0. The zero-order valence-corrected chi connectivity index (χ0v) is 20.5. The van der Waals surface area contributed by atoms with Crippen molar-refractivity contribution in [2.75, 3.05) is 7.11 Å². The molecule has 7 nitrogen and oxygen atoms in total. The SMILES string of the molecule is COC(=O)C1(Cc2ccc(OCc3cc(-c4ccccc4)nc4ccccc34)cc2)CCC1C(=O)NO. The lowest BCUT2D eigenvalue weighted by atomic mass is 9.57.